The third kappa shape index (κ3) is 5.14. The van der Waals surface area contributed by atoms with Gasteiger partial charge in [0.25, 0.3) is 5.91 Å². The number of ether oxygens (including phenoxy) is 1. The van der Waals surface area contributed by atoms with Gasteiger partial charge >= 0.3 is 0 Å². The molecule has 0 saturated carbocycles. The second kappa shape index (κ2) is 10.5. The van der Waals surface area contributed by atoms with Gasteiger partial charge in [-0.15, -0.1) is 0 Å². The molecule has 0 aliphatic carbocycles. The number of aromatic nitrogens is 2. The maximum absolute atomic E-state index is 12.7. The molecule has 3 heterocycles. The number of fused-ring (bicyclic) bond motifs is 1. The number of likely N-dealkylation sites (N-methyl/N-ethyl adjacent to an activating group) is 1. The van der Waals surface area contributed by atoms with Gasteiger partial charge in [-0.05, 0) is 49.4 Å². The van der Waals surface area contributed by atoms with Crippen LogP contribution in [-0.4, -0.2) is 65.4 Å². The minimum atomic E-state index is 0.0873. The first-order valence-electron chi connectivity index (χ1n) is 11.9. The third-order valence-corrected chi connectivity index (χ3v) is 6.29. The van der Waals surface area contributed by atoms with Crippen LogP contribution in [0.25, 0.3) is 5.57 Å². The Balaban J connectivity index is 1.18. The predicted molar refractivity (Wildman–Crippen MR) is 137 cm³/mol. The fourth-order valence-electron chi connectivity index (χ4n) is 4.16. The van der Waals surface area contributed by atoms with Crippen LogP contribution in [0, 0.1) is 11.3 Å². The highest BCUT2D eigenvalue weighted by atomic mass is 16.5. The van der Waals surface area contributed by atoms with Crippen LogP contribution in [0.15, 0.2) is 66.7 Å². The number of hydrogen-bond acceptors (Lipinski definition) is 8. The van der Waals surface area contributed by atoms with Crippen molar-refractivity contribution in [3.63, 3.8) is 0 Å². The minimum Gasteiger partial charge on any atom is -0.437 e. The number of nitrogens with one attached hydrogen (secondary N) is 2. The van der Waals surface area contributed by atoms with Crippen LogP contribution in [0.3, 0.4) is 0 Å². The van der Waals surface area contributed by atoms with E-state index in [2.05, 4.69) is 38.6 Å². The number of carbonyl (C=O) groups excluding carboxylic acids is 1. The Morgan fingerprint density at radius 3 is 2.64 bits per heavy atom. The second-order valence-electron chi connectivity index (χ2n) is 8.77. The first kappa shape index (κ1) is 23.3. The van der Waals surface area contributed by atoms with Crippen LogP contribution in [0.2, 0.25) is 0 Å². The molecule has 1 saturated heterocycles. The summed E-state index contributed by atoms with van der Waals surface area (Å²) >= 11 is 0. The Kier molecular flexibility index (Phi) is 6.78. The summed E-state index contributed by atoms with van der Waals surface area (Å²) in [6.07, 6.45) is 2.35. The Morgan fingerprint density at radius 2 is 1.89 bits per heavy atom. The molecule has 9 nitrogen and oxygen atoms in total. The molecule has 5 rings (SSSR count). The highest BCUT2D eigenvalue weighted by molar-refractivity contribution is 5.94. The van der Waals surface area contributed by atoms with E-state index in [1.807, 2.05) is 53.4 Å². The second-order valence-corrected chi connectivity index (χ2v) is 8.77. The zero-order valence-corrected chi connectivity index (χ0v) is 20.1. The molecule has 0 radical (unpaired) electrons. The van der Waals surface area contributed by atoms with E-state index in [-0.39, 0.29) is 5.91 Å². The lowest BCUT2D eigenvalue weighted by atomic mass is 10.1. The first-order valence-corrected chi connectivity index (χ1v) is 11.9. The molecule has 1 fully saturated rings. The molecule has 1 amide bonds. The number of rotatable bonds is 6. The summed E-state index contributed by atoms with van der Waals surface area (Å²) in [6, 6.07) is 19.1. The molecular formula is C27H27N7O2. The average Bonchev–Trinajstić information content (AvgIpc) is 3.34. The summed E-state index contributed by atoms with van der Waals surface area (Å²) in [7, 11) is 2.08. The van der Waals surface area contributed by atoms with E-state index < -0.39 is 0 Å². The van der Waals surface area contributed by atoms with E-state index in [1.165, 1.54) is 0 Å². The number of benzene rings is 2. The number of piperazine rings is 1. The molecule has 1 aromatic heterocycles. The van der Waals surface area contributed by atoms with Gasteiger partial charge in [-0.3, -0.25) is 4.79 Å². The smallest absolute Gasteiger partial charge is 0.253 e. The first-order chi connectivity index (χ1) is 17.6. The molecular weight excluding hydrogens is 454 g/mol. The lowest BCUT2D eigenvalue weighted by molar-refractivity contribution is 0.0664. The van der Waals surface area contributed by atoms with Crippen molar-refractivity contribution in [2.75, 3.05) is 50.4 Å². The maximum atomic E-state index is 12.7. The molecule has 0 atom stereocenters. The normalized spacial score (nSPS) is 16.4. The monoisotopic (exact) mass is 481 g/mol. The Hall–Kier alpha value is -4.42. The Morgan fingerprint density at radius 1 is 1.11 bits per heavy atom. The average molecular weight is 482 g/mol. The van der Waals surface area contributed by atoms with Crippen LogP contribution < -0.4 is 15.4 Å². The van der Waals surface area contributed by atoms with Crippen molar-refractivity contribution in [2.45, 2.75) is 6.42 Å². The van der Waals surface area contributed by atoms with Gasteiger partial charge in [0, 0.05) is 44.5 Å². The number of para-hydroxylation sites is 2. The number of nitriles is 1. The van der Waals surface area contributed by atoms with Gasteiger partial charge in [-0.2, -0.15) is 5.26 Å². The number of carbonyl (C=O) groups is 1. The van der Waals surface area contributed by atoms with Crippen LogP contribution in [0.4, 0.5) is 11.6 Å². The van der Waals surface area contributed by atoms with E-state index in [1.54, 1.807) is 12.3 Å². The molecule has 2 aromatic carbocycles. The van der Waals surface area contributed by atoms with Crippen LogP contribution in [-0.2, 0) is 6.42 Å². The SMILES string of the molecule is CN1CCN(C(=O)c2ccc(CCNc3nccc(C(C#N)=C4Nc5ccccc5O4)n3)cc2)CC1. The number of nitrogens with zero attached hydrogens (tertiary/aromatic N) is 5. The van der Waals surface area contributed by atoms with E-state index >= 15 is 0 Å². The van der Waals surface area contributed by atoms with Gasteiger partial charge in [0.2, 0.25) is 11.8 Å². The molecule has 36 heavy (non-hydrogen) atoms. The van der Waals surface area contributed by atoms with Gasteiger partial charge in [-0.25, -0.2) is 9.97 Å². The van der Waals surface area contributed by atoms with Crippen molar-refractivity contribution in [1.29, 1.82) is 5.26 Å². The number of amides is 1. The molecule has 9 heteroatoms. The third-order valence-electron chi connectivity index (χ3n) is 6.29. The van der Waals surface area contributed by atoms with E-state index in [0.29, 0.717) is 41.0 Å². The van der Waals surface area contributed by atoms with Gasteiger partial charge in [0.05, 0.1) is 11.4 Å². The Bertz CT molecular complexity index is 1300. The largest absolute Gasteiger partial charge is 0.437 e. The topological polar surface area (TPSA) is 106 Å². The number of anilines is 2. The van der Waals surface area contributed by atoms with Gasteiger partial charge in [0.1, 0.15) is 11.6 Å². The quantitative estimate of drug-likeness (QED) is 0.517. The summed E-state index contributed by atoms with van der Waals surface area (Å²) < 4.78 is 5.80. The summed E-state index contributed by atoms with van der Waals surface area (Å²) in [4.78, 5) is 25.7. The fraction of sp³-hybridized carbons (Fsp3) is 0.259. The molecule has 2 aliphatic rings. The fourth-order valence-corrected chi connectivity index (χ4v) is 4.16. The minimum absolute atomic E-state index is 0.0873. The van der Waals surface area contributed by atoms with Crippen LogP contribution in [0.5, 0.6) is 5.75 Å². The predicted octanol–water partition coefficient (Wildman–Crippen LogP) is 3.22. The molecule has 0 unspecified atom stereocenters. The molecule has 2 aliphatic heterocycles. The number of hydrogen-bond donors (Lipinski definition) is 2. The van der Waals surface area contributed by atoms with Crippen molar-refractivity contribution in [2.24, 2.45) is 0 Å². The van der Waals surface area contributed by atoms with Gasteiger partial charge in [0.15, 0.2) is 5.75 Å². The van der Waals surface area contributed by atoms with Gasteiger partial charge < -0.3 is 25.2 Å². The molecule has 2 N–H and O–H groups in total. The molecule has 3 aromatic rings. The van der Waals surface area contributed by atoms with Crippen molar-refractivity contribution < 1.29 is 9.53 Å². The molecule has 182 valence electrons. The van der Waals surface area contributed by atoms with Gasteiger partial charge in [-0.1, -0.05) is 24.3 Å². The highest BCUT2D eigenvalue weighted by Crippen LogP contribution is 2.35. The highest BCUT2D eigenvalue weighted by Gasteiger charge is 2.22. The van der Waals surface area contributed by atoms with E-state index in [9.17, 15) is 10.1 Å². The van der Waals surface area contributed by atoms with Crippen molar-refractivity contribution in [1.82, 2.24) is 19.8 Å². The zero-order chi connectivity index (χ0) is 24.9. The summed E-state index contributed by atoms with van der Waals surface area (Å²) in [5, 5.41) is 16.1. The van der Waals surface area contributed by atoms with Crippen molar-refractivity contribution in [3.05, 3.63) is 83.5 Å². The maximum Gasteiger partial charge on any atom is 0.253 e. The standard InChI is InChI=1S/C27H27N7O2/c1-33-14-16-34(17-15-33)26(35)20-8-6-19(7-9-20)10-12-29-27-30-13-11-22(32-27)21(18-28)25-31-23-4-2-3-5-24(23)36-25/h2-9,11,13,31H,10,12,14-17H2,1H3,(H,29,30,32). The number of allylic oxidation sites excluding steroid dienone is 1. The summed E-state index contributed by atoms with van der Waals surface area (Å²) in [5.41, 5.74) is 3.40. The summed E-state index contributed by atoms with van der Waals surface area (Å²) in [5.74, 6) is 1.54. The van der Waals surface area contributed by atoms with Crippen LogP contribution >= 0.6 is 0 Å². The molecule has 0 bridgehead atoms. The zero-order valence-electron chi connectivity index (χ0n) is 20.1. The summed E-state index contributed by atoms with van der Waals surface area (Å²) in [6.45, 7) is 3.94. The Labute approximate surface area is 210 Å². The molecule has 0 spiro atoms. The van der Waals surface area contributed by atoms with Crippen molar-refractivity contribution >= 4 is 23.1 Å². The lowest BCUT2D eigenvalue weighted by Crippen LogP contribution is -2.47. The van der Waals surface area contributed by atoms with E-state index in [4.69, 9.17) is 4.74 Å². The van der Waals surface area contributed by atoms with E-state index in [0.717, 1.165) is 43.9 Å². The van der Waals surface area contributed by atoms with Crippen molar-refractivity contribution in [3.8, 4) is 11.8 Å². The lowest BCUT2D eigenvalue weighted by Gasteiger charge is -2.32. The van der Waals surface area contributed by atoms with Crippen LogP contribution in [0.1, 0.15) is 21.6 Å².